The average molecular weight is 488 g/mol. The fraction of sp³-hybridized carbons (Fsp3) is 0.292. The van der Waals surface area contributed by atoms with Gasteiger partial charge in [-0.2, -0.15) is 0 Å². The molecular weight excluding hydrogens is 465 g/mol. The van der Waals surface area contributed by atoms with Crippen LogP contribution in [0.1, 0.15) is 31.7 Å². The largest absolute Gasteiger partial charge is 0.489 e. The number of amides is 1. The Labute approximate surface area is 201 Å². The van der Waals surface area contributed by atoms with Gasteiger partial charge < -0.3 is 18.8 Å². The lowest BCUT2D eigenvalue weighted by atomic mass is 10.1. The number of rotatable bonds is 6. The van der Waals surface area contributed by atoms with Crippen molar-refractivity contribution >= 4 is 35.2 Å². The molecule has 0 saturated heterocycles. The second kappa shape index (κ2) is 10.3. The highest BCUT2D eigenvalue weighted by Crippen LogP contribution is 2.38. The van der Waals surface area contributed by atoms with Gasteiger partial charge in [-0.25, -0.2) is 0 Å². The van der Waals surface area contributed by atoms with Crippen LogP contribution in [0.5, 0.6) is 11.5 Å². The van der Waals surface area contributed by atoms with Crippen LogP contribution in [0.2, 0.25) is 10.0 Å². The summed E-state index contributed by atoms with van der Waals surface area (Å²) in [4.78, 5) is 14.6. The molecule has 0 spiro atoms. The lowest BCUT2D eigenvalue weighted by Crippen LogP contribution is -2.35. The molecule has 1 amide bonds. The normalized spacial score (nSPS) is 13.4. The van der Waals surface area contributed by atoms with Gasteiger partial charge in [0.2, 0.25) is 17.7 Å². The first-order valence-electron chi connectivity index (χ1n) is 10.6. The van der Waals surface area contributed by atoms with E-state index in [1.54, 1.807) is 29.2 Å². The van der Waals surface area contributed by atoms with Gasteiger partial charge in [0.1, 0.15) is 0 Å². The van der Waals surface area contributed by atoms with Crippen LogP contribution in [-0.4, -0.2) is 40.3 Å². The number of halogens is 2. The van der Waals surface area contributed by atoms with Crippen LogP contribution in [0, 0.1) is 0 Å². The third-order valence-corrected chi connectivity index (χ3v) is 5.64. The minimum atomic E-state index is -0.203. The predicted molar refractivity (Wildman–Crippen MR) is 127 cm³/mol. The first kappa shape index (κ1) is 23.1. The zero-order valence-corrected chi connectivity index (χ0v) is 19.8. The van der Waals surface area contributed by atoms with Gasteiger partial charge in [-0.15, -0.1) is 10.2 Å². The SMILES string of the molecule is CC(C)N(Cc1nnc(-c2ccccc2Cl)o1)C(=O)/C=C/c1cc(Cl)c2c(c1)OCCCO2. The van der Waals surface area contributed by atoms with Crippen molar-refractivity contribution in [3.8, 4) is 23.0 Å². The van der Waals surface area contributed by atoms with Gasteiger partial charge in [-0.05, 0) is 49.8 Å². The van der Waals surface area contributed by atoms with E-state index in [9.17, 15) is 4.79 Å². The van der Waals surface area contributed by atoms with Gasteiger partial charge in [0, 0.05) is 18.5 Å². The number of benzene rings is 2. The molecule has 1 aliphatic heterocycles. The first-order valence-corrected chi connectivity index (χ1v) is 11.3. The van der Waals surface area contributed by atoms with E-state index >= 15 is 0 Å². The van der Waals surface area contributed by atoms with Gasteiger partial charge in [0.25, 0.3) is 0 Å². The van der Waals surface area contributed by atoms with Crippen molar-refractivity contribution in [3.05, 3.63) is 64.0 Å². The monoisotopic (exact) mass is 487 g/mol. The topological polar surface area (TPSA) is 77.7 Å². The second-order valence-corrected chi connectivity index (χ2v) is 8.57. The average Bonchev–Trinajstić information content (AvgIpc) is 3.12. The molecule has 2 heterocycles. The molecule has 0 fully saturated rings. The molecule has 33 heavy (non-hydrogen) atoms. The molecule has 0 bridgehead atoms. The van der Waals surface area contributed by atoms with Gasteiger partial charge in [-0.3, -0.25) is 4.79 Å². The van der Waals surface area contributed by atoms with Crippen molar-refractivity contribution < 1.29 is 18.7 Å². The van der Waals surface area contributed by atoms with E-state index in [2.05, 4.69) is 10.2 Å². The highest BCUT2D eigenvalue weighted by atomic mass is 35.5. The summed E-state index contributed by atoms with van der Waals surface area (Å²) in [5.41, 5.74) is 1.38. The van der Waals surface area contributed by atoms with E-state index in [1.807, 2.05) is 32.0 Å². The van der Waals surface area contributed by atoms with Gasteiger partial charge in [0.05, 0.1) is 35.4 Å². The molecule has 1 aliphatic rings. The van der Waals surface area contributed by atoms with E-state index in [-0.39, 0.29) is 18.5 Å². The highest BCUT2D eigenvalue weighted by molar-refractivity contribution is 6.33. The molecule has 0 saturated carbocycles. The first-order chi connectivity index (χ1) is 15.9. The number of nitrogens with zero attached hydrogens (tertiary/aromatic N) is 3. The summed E-state index contributed by atoms with van der Waals surface area (Å²) in [7, 11) is 0. The number of hydrogen-bond donors (Lipinski definition) is 0. The Hall–Kier alpha value is -3.03. The standard InChI is InChI=1S/C24H23Cl2N3O4/c1-15(2)29(14-21-27-28-24(33-21)17-6-3-4-7-18(17)25)22(30)9-8-16-12-19(26)23-20(13-16)31-10-5-11-32-23/h3-4,6-9,12-13,15H,5,10-11,14H2,1-2H3/b9-8+. The summed E-state index contributed by atoms with van der Waals surface area (Å²) in [5.74, 6) is 1.53. The fourth-order valence-electron chi connectivity index (χ4n) is 3.33. The van der Waals surface area contributed by atoms with Crippen molar-refractivity contribution in [1.29, 1.82) is 0 Å². The van der Waals surface area contributed by atoms with Crippen LogP contribution in [0.15, 0.2) is 46.9 Å². The van der Waals surface area contributed by atoms with Crippen LogP contribution in [0.4, 0.5) is 0 Å². The van der Waals surface area contributed by atoms with E-state index < -0.39 is 0 Å². The molecule has 0 unspecified atom stereocenters. The number of ether oxygens (including phenoxy) is 2. The Morgan fingerprint density at radius 1 is 1.12 bits per heavy atom. The fourth-order valence-corrected chi connectivity index (χ4v) is 3.82. The number of hydrogen-bond acceptors (Lipinski definition) is 6. The van der Waals surface area contributed by atoms with Crippen molar-refractivity contribution in [2.24, 2.45) is 0 Å². The molecule has 1 aromatic heterocycles. The maximum atomic E-state index is 13.0. The summed E-state index contributed by atoms with van der Waals surface area (Å²) in [6, 6.07) is 10.7. The third-order valence-electron chi connectivity index (χ3n) is 5.03. The summed E-state index contributed by atoms with van der Waals surface area (Å²) >= 11 is 12.6. The Balaban J connectivity index is 1.49. The van der Waals surface area contributed by atoms with E-state index in [0.717, 1.165) is 12.0 Å². The van der Waals surface area contributed by atoms with E-state index in [1.165, 1.54) is 6.08 Å². The van der Waals surface area contributed by atoms with Crippen molar-refractivity contribution in [3.63, 3.8) is 0 Å². The number of fused-ring (bicyclic) bond motifs is 1. The molecule has 172 valence electrons. The summed E-state index contributed by atoms with van der Waals surface area (Å²) in [5, 5.41) is 9.12. The van der Waals surface area contributed by atoms with E-state index in [0.29, 0.717) is 52.1 Å². The van der Waals surface area contributed by atoms with E-state index in [4.69, 9.17) is 37.1 Å². The molecule has 9 heteroatoms. The minimum absolute atomic E-state index is 0.0924. The molecular formula is C24H23Cl2N3O4. The zero-order valence-electron chi connectivity index (χ0n) is 18.3. The molecule has 2 aromatic carbocycles. The molecule has 0 radical (unpaired) electrons. The zero-order chi connectivity index (χ0) is 23.4. The van der Waals surface area contributed by atoms with Crippen LogP contribution in [-0.2, 0) is 11.3 Å². The second-order valence-electron chi connectivity index (χ2n) is 7.75. The molecule has 7 nitrogen and oxygen atoms in total. The van der Waals surface area contributed by atoms with Gasteiger partial charge >= 0.3 is 0 Å². The van der Waals surface area contributed by atoms with Gasteiger partial charge in [-0.1, -0.05) is 35.3 Å². The number of carbonyl (C=O) groups is 1. The maximum Gasteiger partial charge on any atom is 0.249 e. The van der Waals surface area contributed by atoms with Crippen LogP contribution >= 0.6 is 23.2 Å². The summed E-state index contributed by atoms with van der Waals surface area (Å²) < 4.78 is 17.1. The molecule has 0 N–H and O–H groups in total. The Morgan fingerprint density at radius 2 is 1.91 bits per heavy atom. The quantitative estimate of drug-likeness (QED) is 0.417. The number of aromatic nitrogens is 2. The summed E-state index contributed by atoms with van der Waals surface area (Å²) in [6.07, 6.45) is 3.97. The lowest BCUT2D eigenvalue weighted by molar-refractivity contribution is -0.128. The van der Waals surface area contributed by atoms with Crippen LogP contribution in [0.3, 0.4) is 0 Å². The molecule has 0 atom stereocenters. The Bertz CT molecular complexity index is 1180. The smallest absolute Gasteiger partial charge is 0.249 e. The Kier molecular flexibility index (Phi) is 7.20. The van der Waals surface area contributed by atoms with Crippen molar-refractivity contribution in [2.45, 2.75) is 32.9 Å². The third kappa shape index (κ3) is 5.49. The maximum absolute atomic E-state index is 13.0. The molecule has 4 rings (SSSR count). The minimum Gasteiger partial charge on any atom is -0.489 e. The van der Waals surface area contributed by atoms with Crippen molar-refractivity contribution in [1.82, 2.24) is 15.1 Å². The molecule has 0 aliphatic carbocycles. The number of carbonyl (C=O) groups excluding carboxylic acids is 1. The Morgan fingerprint density at radius 3 is 2.70 bits per heavy atom. The van der Waals surface area contributed by atoms with Crippen molar-refractivity contribution in [2.75, 3.05) is 13.2 Å². The highest BCUT2D eigenvalue weighted by Gasteiger charge is 2.20. The summed E-state index contributed by atoms with van der Waals surface area (Å²) in [6.45, 7) is 5.11. The molecule has 3 aromatic rings. The lowest BCUT2D eigenvalue weighted by Gasteiger charge is -2.23. The van der Waals surface area contributed by atoms with Gasteiger partial charge in [0.15, 0.2) is 11.5 Å². The van der Waals surface area contributed by atoms with Crippen LogP contribution in [0.25, 0.3) is 17.5 Å². The predicted octanol–water partition coefficient (Wildman–Crippen LogP) is 5.66. The van der Waals surface area contributed by atoms with Crippen LogP contribution < -0.4 is 9.47 Å².